The Balaban J connectivity index is 0. The van der Waals surface area contributed by atoms with Gasteiger partial charge in [0, 0.05) is 12.6 Å². The number of carbonyl (C=O) groups is 2. The molecule has 5 heteroatoms. The number of nitrogens with one attached hydrogen (secondary N) is 1. The number of amides is 1. The van der Waals surface area contributed by atoms with Crippen LogP contribution in [0.25, 0.3) is 0 Å². The van der Waals surface area contributed by atoms with Crippen molar-refractivity contribution in [3.05, 3.63) is 12.2 Å². The van der Waals surface area contributed by atoms with Gasteiger partial charge in [0.05, 0.1) is 7.11 Å². The van der Waals surface area contributed by atoms with Crippen molar-refractivity contribution in [2.45, 2.75) is 6.92 Å². The van der Waals surface area contributed by atoms with Crippen LogP contribution in [0.5, 0.6) is 0 Å². The van der Waals surface area contributed by atoms with E-state index in [2.05, 4.69) is 16.6 Å². The Labute approximate surface area is 77.4 Å². The molecule has 76 valence electrons. The molecule has 13 heavy (non-hydrogen) atoms. The zero-order chi connectivity index (χ0) is 10.9. The highest BCUT2D eigenvalue weighted by atomic mass is 16.5. The summed E-state index contributed by atoms with van der Waals surface area (Å²) >= 11 is 0. The molecule has 1 amide bonds. The van der Waals surface area contributed by atoms with Crippen molar-refractivity contribution in [3.63, 3.8) is 0 Å². The Hall–Kier alpha value is -1.36. The zero-order valence-electron chi connectivity index (χ0n) is 8.09. The van der Waals surface area contributed by atoms with Crippen LogP contribution in [0.1, 0.15) is 6.92 Å². The first-order chi connectivity index (χ1) is 5.99. The number of hydrogen-bond donors (Lipinski definition) is 2. The van der Waals surface area contributed by atoms with E-state index in [4.69, 9.17) is 5.11 Å². The summed E-state index contributed by atoms with van der Waals surface area (Å²) in [6.45, 7) is 4.55. The molecule has 5 nitrogen and oxygen atoms in total. The first kappa shape index (κ1) is 14.2. The molecule has 0 aliphatic carbocycles. The largest absolute Gasteiger partial charge is 0.467 e. The van der Waals surface area contributed by atoms with E-state index in [1.807, 2.05) is 0 Å². The molecular formula is C8H15NO4. The van der Waals surface area contributed by atoms with Crippen molar-refractivity contribution in [1.29, 1.82) is 0 Å². The third kappa shape index (κ3) is 10.6. The topological polar surface area (TPSA) is 75.6 Å². The van der Waals surface area contributed by atoms with Crippen molar-refractivity contribution >= 4 is 11.9 Å². The summed E-state index contributed by atoms with van der Waals surface area (Å²) in [5.41, 5.74) is 0.544. The van der Waals surface area contributed by atoms with E-state index >= 15 is 0 Å². The molecule has 0 atom stereocenters. The van der Waals surface area contributed by atoms with Gasteiger partial charge in [0.2, 0.25) is 5.91 Å². The molecule has 0 saturated carbocycles. The molecule has 0 radical (unpaired) electrons. The average Bonchev–Trinajstić information content (AvgIpc) is 2.16. The van der Waals surface area contributed by atoms with Crippen molar-refractivity contribution in [2.75, 3.05) is 20.8 Å². The fraction of sp³-hybridized carbons (Fsp3) is 0.500. The minimum Gasteiger partial charge on any atom is -0.467 e. The van der Waals surface area contributed by atoms with E-state index < -0.39 is 12.6 Å². The standard InChI is InChI=1S/C5H9NO.C3H6O3/c1-4(2)5(7)6-3;1-6-3(5)2-4/h1H2,2-3H3,(H,6,7);4H,2H2,1H3. The van der Waals surface area contributed by atoms with Crippen LogP contribution in [0.2, 0.25) is 0 Å². The van der Waals surface area contributed by atoms with Gasteiger partial charge in [0.1, 0.15) is 6.61 Å². The molecule has 0 spiro atoms. The molecule has 0 aliphatic heterocycles. The highest BCUT2D eigenvalue weighted by molar-refractivity contribution is 5.91. The van der Waals surface area contributed by atoms with Crippen molar-refractivity contribution in [3.8, 4) is 0 Å². The van der Waals surface area contributed by atoms with Gasteiger partial charge in [-0.3, -0.25) is 4.79 Å². The van der Waals surface area contributed by atoms with Gasteiger partial charge in [-0.15, -0.1) is 0 Å². The van der Waals surface area contributed by atoms with E-state index in [0.29, 0.717) is 5.57 Å². The van der Waals surface area contributed by atoms with Gasteiger partial charge >= 0.3 is 5.97 Å². The van der Waals surface area contributed by atoms with Gasteiger partial charge in [-0.05, 0) is 6.92 Å². The van der Waals surface area contributed by atoms with Gasteiger partial charge in [-0.2, -0.15) is 0 Å². The monoisotopic (exact) mass is 189 g/mol. The van der Waals surface area contributed by atoms with E-state index in [-0.39, 0.29) is 5.91 Å². The minimum absolute atomic E-state index is 0.0972. The molecule has 0 unspecified atom stereocenters. The number of likely N-dealkylation sites (N-methyl/N-ethyl adjacent to an activating group) is 1. The highest BCUT2D eigenvalue weighted by Gasteiger charge is 1.92. The number of methoxy groups -OCH3 is 1. The van der Waals surface area contributed by atoms with Crippen LogP contribution in [-0.4, -0.2) is 37.7 Å². The van der Waals surface area contributed by atoms with Gasteiger partial charge < -0.3 is 15.2 Å². The second-order valence-electron chi connectivity index (χ2n) is 2.09. The summed E-state index contributed by atoms with van der Waals surface area (Å²) in [7, 11) is 2.80. The van der Waals surface area contributed by atoms with Crippen LogP contribution in [0.3, 0.4) is 0 Å². The molecule has 0 saturated heterocycles. The summed E-state index contributed by atoms with van der Waals surface area (Å²) in [4.78, 5) is 20.0. The van der Waals surface area contributed by atoms with E-state index in [9.17, 15) is 9.59 Å². The summed E-state index contributed by atoms with van der Waals surface area (Å²) in [6.07, 6.45) is 0. The smallest absolute Gasteiger partial charge is 0.331 e. The Bertz CT molecular complexity index is 183. The van der Waals surface area contributed by atoms with Gasteiger partial charge in [0.25, 0.3) is 0 Å². The lowest BCUT2D eigenvalue weighted by atomic mass is 10.3. The van der Waals surface area contributed by atoms with Crippen LogP contribution >= 0.6 is 0 Å². The molecule has 0 rings (SSSR count). The molecule has 2 N–H and O–H groups in total. The molecule has 0 aromatic heterocycles. The van der Waals surface area contributed by atoms with Crippen molar-refractivity contribution < 1.29 is 19.4 Å². The normalized spacial score (nSPS) is 7.69. The number of hydrogen-bond acceptors (Lipinski definition) is 4. The SMILES string of the molecule is C=C(C)C(=O)NC.COC(=O)CO. The molecule has 0 bridgehead atoms. The van der Waals surface area contributed by atoms with E-state index in [1.165, 1.54) is 7.11 Å². The van der Waals surface area contributed by atoms with Crippen molar-refractivity contribution in [1.82, 2.24) is 5.32 Å². The summed E-state index contributed by atoms with van der Waals surface area (Å²) in [5, 5.41) is 10.3. The Morgan fingerprint density at radius 1 is 1.54 bits per heavy atom. The molecule has 0 heterocycles. The number of carbonyl (C=O) groups excluding carboxylic acids is 2. The first-order valence-electron chi connectivity index (χ1n) is 3.54. The average molecular weight is 189 g/mol. The fourth-order valence-corrected chi connectivity index (χ4v) is 0.278. The van der Waals surface area contributed by atoms with Crippen LogP contribution < -0.4 is 5.32 Å². The maximum Gasteiger partial charge on any atom is 0.331 e. The lowest BCUT2D eigenvalue weighted by Crippen LogP contribution is -2.17. The van der Waals surface area contributed by atoms with Crippen LogP contribution in [0, 0.1) is 0 Å². The third-order valence-electron chi connectivity index (χ3n) is 0.971. The number of rotatable bonds is 2. The van der Waals surface area contributed by atoms with Gasteiger partial charge in [-0.25, -0.2) is 4.79 Å². The highest BCUT2D eigenvalue weighted by Crippen LogP contribution is 1.81. The van der Waals surface area contributed by atoms with Crippen LogP contribution in [0.15, 0.2) is 12.2 Å². The third-order valence-corrected chi connectivity index (χ3v) is 0.971. The second-order valence-corrected chi connectivity index (χ2v) is 2.09. The van der Waals surface area contributed by atoms with E-state index in [0.717, 1.165) is 0 Å². The Morgan fingerprint density at radius 3 is 2.00 bits per heavy atom. The Morgan fingerprint density at radius 2 is 2.00 bits per heavy atom. The van der Waals surface area contributed by atoms with E-state index in [1.54, 1.807) is 14.0 Å². The first-order valence-corrected chi connectivity index (χ1v) is 3.54. The maximum absolute atomic E-state index is 10.3. The minimum atomic E-state index is -0.602. The molecule has 0 aliphatic rings. The summed E-state index contributed by atoms with van der Waals surface area (Å²) in [6, 6.07) is 0. The maximum atomic E-state index is 10.3. The van der Waals surface area contributed by atoms with Gasteiger partial charge in [-0.1, -0.05) is 6.58 Å². The number of aliphatic hydroxyl groups is 1. The summed E-state index contributed by atoms with van der Waals surface area (Å²) < 4.78 is 4.01. The zero-order valence-corrected chi connectivity index (χ0v) is 8.09. The fourth-order valence-electron chi connectivity index (χ4n) is 0.278. The lowest BCUT2D eigenvalue weighted by molar-refractivity contribution is -0.143. The number of aliphatic hydroxyl groups excluding tert-OH is 1. The summed E-state index contributed by atoms with van der Waals surface area (Å²) in [5.74, 6) is -0.699. The predicted molar refractivity (Wildman–Crippen MR) is 48.0 cm³/mol. The molecule has 0 aromatic carbocycles. The lowest BCUT2D eigenvalue weighted by Gasteiger charge is -1.91. The second kappa shape index (κ2) is 8.73. The predicted octanol–water partition coefficient (Wildman–Crippen LogP) is -0.540. The molecule has 0 fully saturated rings. The quantitative estimate of drug-likeness (QED) is 0.452. The Kier molecular flexibility index (Phi) is 9.53. The van der Waals surface area contributed by atoms with Crippen LogP contribution in [0.4, 0.5) is 0 Å². The number of esters is 1. The van der Waals surface area contributed by atoms with Gasteiger partial charge in [0.15, 0.2) is 0 Å². The van der Waals surface area contributed by atoms with Crippen LogP contribution in [-0.2, 0) is 14.3 Å². The number of ether oxygens (including phenoxy) is 1. The van der Waals surface area contributed by atoms with Crippen molar-refractivity contribution in [2.24, 2.45) is 0 Å². The molecular weight excluding hydrogens is 174 g/mol. The molecule has 0 aromatic rings.